The summed E-state index contributed by atoms with van der Waals surface area (Å²) in [6.07, 6.45) is 0. The minimum atomic E-state index is -3.81. The molecule has 0 spiro atoms. The summed E-state index contributed by atoms with van der Waals surface area (Å²) >= 11 is 0.985. The number of aryl methyl sites for hydroxylation is 2. The second-order valence-corrected chi connectivity index (χ2v) is 8.18. The van der Waals surface area contributed by atoms with Gasteiger partial charge in [-0.3, -0.25) is 0 Å². The predicted molar refractivity (Wildman–Crippen MR) is 96.1 cm³/mol. The molecule has 7 nitrogen and oxygen atoms in total. The Bertz CT molecular complexity index is 890. The second-order valence-electron chi connectivity index (χ2n) is 5.24. The van der Waals surface area contributed by atoms with E-state index in [9.17, 15) is 13.2 Å². The maximum Gasteiger partial charge on any atom is 0.350 e. The monoisotopic (exact) mass is 384 g/mol. The molecular formula is C16H20N2O5S2. The van der Waals surface area contributed by atoms with Crippen LogP contribution >= 0.6 is 11.3 Å². The van der Waals surface area contributed by atoms with E-state index in [1.807, 2.05) is 0 Å². The molecule has 25 heavy (non-hydrogen) atoms. The van der Waals surface area contributed by atoms with Crippen molar-refractivity contribution in [2.75, 3.05) is 25.1 Å². The number of methoxy groups -OCH3 is 1. The number of benzene rings is 1. The molecule has 1 heterocycles. The highest BCUT2D eigenvalue weighted by Gasteiger charge is 2.27. The van der Waals surface area contributed by atoms with Crippen LogP contribution in [-0.2, 0) is 14.8 Å². The molecule has 0 aliphatic carbocycles. The number of hydrogen-bond donors (Lipinski definition) is 0. The van der Waals surface area contributed by atoms with Gasteiger partial charge in [-0.05, 0) is 44.5 Å². The van der Waals surface area contributed by atoms with E-state index in [2.05, 4.69) is 4.98 Å². The number of thiazole rings is 1. The van der Waals surface area contributed by atoms with E-state index in [4.69, 9.17) is 9.47 Å². The summed E-state index contributed by atoms with van der Waals surface area (Å²) in [6.45, 7) is 5.36. The first-order valence-corrected chi connectivity index (χ1v) is 9.76. The quantitative estimate of drug-likeness (QED) is 0.712. The lowest BCUT2D eigenvalue weighted by Gasteiger charge is -2.17. The Balaban J connectivity index is 2.39. The summed E-state index contributed by atoms with van der Waals surface area (Å²) in [5.74, 6) is 0.103. The van der Waals surface area contributed by atoms with Crippen molar-refractivity contribution in [2.45, 2.75) is 25.7 Å². The average molecular weight is 384 g/mol. The number of anilines is 1. The minimum absolute atomic E-state index is 0.124. The van der Waals surface area contributed by atoms with Crippen LogP contribution in [-0.4, -0.2) is 40.1 Å². The van der Waals surface area contributed by atoms with Crippen LogP contribution in [0.1, 0.15) is 27.9 Å². The molecule has 0 fully saturated rings. The number of carbonyl (C=O) groups excluding carboxylic acids is 1. The summed E-state index contributed by atoms with van der Waals surface area (Å²) in [5, 5.41) is 0.203. The zero-order chi connectivity index (χ0) is 18.8. The molecule has 136 valence electrons. The van der Waals surface area contributed by atoms with Gasteiger partial charge in [0, 0.05) is 7.05 Å². The van der Waals surface area contributed by atoms with E-state index in [0.29, 0.717) is 21.9 Å². The normalized spacial score (nSPS) is 11.2. The van der Waals surface area contributed by atoms with E-state index in [-0.39, 0.29) is 16.6 Å². The molecule has 9 heteroatoms. The van der Waals surface area contributed by atoms with Gasteiger partial charge < -0.3 is 9.47 Å². The van der Waals surface area contributed by atoms with E-state index in [0.717, 1.165) is 15.6 Å². The predicted octanol–water partition coefficient (Wildman–Crippen LogP) is 2.77. The fraction of sp³-hybridized carbons (Fsp3) is 0.375. The van der Waals surface area contributed by atoms with Crippen LogP contribution in [0.2, 0.25) is 0 Å². The molecule has 0 bridgehead atoms. The lowest BCUT2D eigenvalue weighted by molar-refractivity contribution is 0.0531. The maximum atomic E-state index is 12.8. The molecule has 0 atom stereocenters. The molecule has 0 unspecified atom stereocenters. The smallest absolute Gasteiger partial charge is 0.350 e. The molecular weight excluding hydrogens is 364 g/mol. The lowest BCUT2D eigenvalue weighted by Crippen LogP contribution is -2.26. The first-order valence-electron chi connectivity index (χ1n) is 7.50. The zero-order valence-electron chi connectivity index (χ0n) is 14.7. The SMILES string of the molecule is CCOC(=O)c1sc(N(C)S(=O)(=O)c2ccc(OC)c(C)c2)nc1C. The summed E-state index contributed by atoms with van der Waals surface area (Å²) in [4.78, 5) is 16.5. The fourth-order valence-corrected chi connectivity index (χ4v) is 4.54. The topological polar surface area (TPSA) is 85.8 Å². The minimum Gasteiger partial charge on any atom is -0.496 e. The highest BCUT2D eigenvalue weighted by Crippen LogP contribution is 2.31. The van der Waals surface area contributed by atoms with Crippen LogP contribution in [0.4, 0.5) is 5.13 Å². The van der Waals surface area contributed by atoms with Gasteiger partial charge in [-0.25, -0.2) is 22.5 Å². The standard InChI is InChI=1S/C16H20N2O5S2/c1-6-23-15(19)14-11(3)17-16(24-14)18(4)25(20,21)12-7-8-13(22-5)10(2)9-12/h7-9H,6H2,1-5H3. The molecule has 1 aromatic carbocycles. The molecule has 0 saturated heterocycles. The average Bonchev–Trinajstić information content (AvgIpc) is 2.96. The highest BCUT2D eigenvalue weighted by atomic mass is 32.2. The molecule has 1 aromatic heterocycles. The van der Waals surface area contributed by atoms with E-state index in [1.165, 1.54) is 26.3 Å². The van der Waals surface area contributed by atoms with Crippen molar-refractivity contribution in [3.63, 3.8) is 0 Å². The summed E-state index contributed by atoms with van der Waals surface area (Å²) < 4.78 is 36.9. The van der Waals surface area contributed by atoms with Gasteiger partial charge in [0.2, 0.25) is 0 Å². The first-order chi connectivity index (χ1) is 11.7. The van der Waals surface area contributed by atoms with E-state index >= 15 is 0 Å². The molecule has 0 aliphatic heterocycles. The van der Waals surface area contributed by atoms with Crippen molar-refractivity contribution in [1.82, 2.24) is 4.98 Å². The molecule has 0 N–H and O–H groups in total. The number of nitrogens with zero attached hydrogens (tertiary/aromatic N) is 2. The van der Waals surface area contributed by atoms with Gasteiger partial charge in [0.05, 0.1) is 24.3 Å². The van der Waals surface area contributed by atoms with Gasteiger partial charge >= 0.3 is 5.97 Å². The molecule has 0 amide bonds. The summed E-state index contributed by atoms with van der Waals surface area (Å²) in [5.41, 5.74) is 1.14. The van der Waals surface area contributed by atoms with Crippen LogP contribution in [0, 0.1) is 13.8 Å². The fourth-order valence-electron chi connectivity index (χ4n) is 2.18. The van der Waals surface area contributed by atoms with Gasteiger partial charge in [-0.2, -0.15) is 0 Å². The highest BCUT2D eigenvalue weighted by molar-refractivity contribution is 7.93. The van der Waals surface area contributed by atoms with Crippen molar-refractivity contribution in [3.8, 4) is 5.75 Å². The van der Waals surface area contributed by atoms with E-state index < -0.39 is 16.0 Å². The van der Waals surface area contributed by atoms with Crippen molar-refractivity contribution < 1.29 is 22.7 Å². The first kappa shape index (κ1) is 19.2. The van der Waals surface area contributed by atoms with Crippen LogP contribution in [0.15, 0.2) is 23.1 Å². The molecule has 2 aromatic rings. The molecule has 2 rings (SSSR count). The van der Waals surface area contributed by atoms with Crippen LogP contribution in [0.3, 0.4) is 0 Å². The third kappa shape index (κ3) is 3.77. The number of rotatable bonds is 6. The number of esters is 1. The molecule has 0 aliphatic rings. The van der Waals surface area contributed by atoms with Gasteiger partial charge in [-0.1, -0.05) is 11.3 Å². The Kier molecular flexibility index (Phi) is 5.69. The van der Waals surface area contributed by atoms with Gasteiger partial charge in [-0.15, -0.1) is 0 Å². The number of hydrogen-bond acceptors (Lipinski definition) is 7. The summed E-state index contributed by atoms with van der Waals surface area (Å²) in [6, 6.07) is 4.62. The van der Waals surface area contributed by atoms with Gasteiger partial charge in [0.1, 0.15) is 10.6 Å². The molecule has 0 saturated carbocycles. The zero-order valence-corrected chi connectivity index (χ0v) is 16.3. The Labute approximate surface area is 151 Å². The van der Waals surface area contributed by atoms with Crippen molar-refractivity contribution in [3.05, 3.63) is 34.3 Å². The Hall–Kier alpha value is -2.13. The van der Waals surface area contributed by atoms with Crippen LogP contribution in [0.25, 0.3) is 0 Å². The third-order valence-electron chi connectivity index (χ3n) is 3.54. The number of sulfonamides is 1. The number of aromatic nitrogens is 1. The lowest BCUT2D eigenvalue weighted by atomic mass is 10.2. The second kappa shape index (κ2) is 7.40. The molecule has 0 radical (unpaired) electrons. The van der Waals surface area contributed by atoms with E-state index in [1.54, 1.807) is 26.8 Å². The summed E-state index contributed by atoms with van der Waals surface area (Å²) in [7, 11) is -0.877. The Morgan fingerprint density at radius 2 is 2.00 bits per heavy atom. The maximum absolute atomic E-state index is 12.8. The van der Waals surface area contributed by atoms with Crippen LogP contribution in [0.5, 0.6) is 5.75 Å². The van der Waals surface area contributed by atoms with Crippen molar-refractivity contribution >= 4 is 32.5 Å². The van der Waals surface area contributed by atoms with Crippen molar-refractivity contribution in [1.29, 1.82) is 0 Å². The van der Waals surface area contributed by atoms with Gasteiger partial charge in [0.25, 0.3) is 10.0 Å². The van der Waals surface area contributed by atoms with Crippen molar-refractivity contribution in [2.24, 2.45) is 0 Å². The largest absolute Gasteiger partial charge is 0.496 e. The number of carbonyl (C=O) groups is 1. The van der Waals surface area contributed by atoms with Gasteiger partial charge in [0.15, 0.2) is 5.13 Å². The Morgan fingerprint density at radius 1 is 1.32 bits per heavy atom. The Morgan fingerprint density at radius 3 is 2.56 bits per heavy atom. The van der Waals surface area contributed by atoms with Crippen LogP contribution < -0.4 is 9.04 Å². The third-order valence-corrected chi connectivity index (χ3v) is 6.61. The number of ether oxygens (including phenoxy) is 2.